The van der Waals surface area contributed by atoms with Crippen LogP contribution in [0.25, 0.3) is 0 Å². The number of nitrogens with zero attached hydrogens (tertiary/aromatic N) is 1. The summed E-state index contributed by atoms with van der Waals surface area (Å²) < 4.78 is 6.57. The number of hydrogen-bond donors (Lipinski definition) is 1. The zero-order chi connectivity index (χ0) is 23.6. The van der Waals surface area contributed by atoms with Gasteiger partial charge in [-0.25, -0.2) is 0 Å². The molecular weight excluding hydrogens is 504 g/mol. The molecule has 0 spiro atoms. The normalized spacial score (nSPS) is 15.0. The highest BCUT2D eigenvalue weighted by Gasteiger charge is 2.30. The van der Waals surface area contributed by atoms with Gasteiger partial charge < -0.3 is 15.0 Å². The van der Waals surface area contributed by atoms with Gasteiger partial charge in [0.2, 0.25) is 5.91 Å². The lowest BCUT2D eigenvalue weighted by Gasteiger charge is -2.32. The molecule has 0 radical (unpaired) electrons. The minimum Gasteiger partial charge on any atom is -0.482 e. The highest BCUT2D eigenvalue weighted by molar-refractivity contribution is 9.10. The molecule has 1 unspecified atom stereocenters. The Hall–Kier alpha value is -2.05. The van der Waals surface area contributed by atoms with E-state index in [4.69, 9.17) is 16.3 Å². The van der Waals surface area contributed by atoms with Gasteiger partial charge in [-0.05, 0) is 49.4 Å². The maximum atomic E-state index is 13.3. The first-order valence-electron chi connectivity index (χ1n) is 11.7. The van der Waals surface area contributed by atoms with Gasteiger partial charge in [0.1, 0.15) is 11.8 Å². The molecule has 0 aliphatic heterocycles. The average Bonchev–Trinajstić information content (AvgIpc) is 2.82. The fourth-order valence-corrected chi connectivity index (χ4v) is 4.98. The predicted molar refractivity (Wildman–Crippen MR) is 136 cm³/mol. The molecule has 3 rings (SSSR count). The van der Waals surface area contributed by atoms with Gasteiger partial charge in [0.15, 0.2) is 6.61 Å². The molecule has 5 nitrogen and oxygen atoms in total. The van der Waals surface area contributed by atoms with Crippen LogP contribution < -0.4 is 10.1 Å². The molecule has 0 saturated heterocycles. The molecule has 0 heterocycles. The van der Waals surface area contributed by atoms with Gasteiger partial charge in [-0.2, -0.15) is 0 Å². The van der Waals surface area contributed by atoms with Crippen molar-refractivity contribution in [1.82, 2.24) is 10.2 Å². The lowest BCUT2D eigenvalue weighted by Crippen LogP contribution is -2.53. The molecule has 7 heteroatoms. The molecule has 1 fully saturated rings. The van der Waals surface area contributed by atoms with Gasteiger partial charge in [0.25, 0.3) is 5.91 Å². The molecule has 178 valence electrons. The average molecular weight is 536 g/mol. The van der Waals surface area contributed by atoms with Gasteiger partial charge in [-0.15, -0.1) is 0 Å². The van der Waals surface area contributed by atoms with Crippen molar-refractivity contribution in [1.29, 1.82) is 0 Å². The van der Waals surface area contributed by atoms with Crippen LogP contribution in [-0.2, 0) is 16.0 Å². The summed E-state index contributed by atoms with van der Waals surface area (Å²) in [5, 5.41) is 3.62. The standard InChI is InChI=1S/C26H32BrClN2O3/c1-2-23(26(32)29-21-11-7-4-8-12-21)30(16-15-19-9-5-3-6-10-19)25(31)18-33-24-14-13-20(27)17-22(24)28/h3,5-6,9-10,13-14,17,21,23H,2,4,7-8,11-12,15-16,18H2,1H3,(H,29,32). The third kappa shape index (κ3) is 7.75. The third-order valence-electron chi connectivity index (χ3n) is 6.07. The molecule has 2 aromatic carbocycles. The lowest BCUT2D eigenvalue weighted by atomic mass is 9.95. The number of halogens is 2. The second-order valence-electron chi connectivity index (χ2n) is 8.45. The van der Waals surface area contributed by atoms with E-state index >= 15 is 0 Å². The van der Waals surface area contributed by atoms with E-state index in [0.29, 0.717) is 30.2 Å². The monoisotopic (exact) mass is 534 g/mol. The highest BCUT2D eigenvalue weighted by Crippen LogP contribution is 2.28. The first-order chi connectivity index (χ1) is 16.0. The molecule has 1 N–H and O–H groups in total. The molecule has 1 atom stereocenters. The Morgan fingerprint density at radius 2 is 1.88 bits per heavy atom. The van der Waals surface area contributed by atoms with Crippen LogP contribution in [0.4, 0.5) is 0 Å². The first-order valence-corrected chi connectivity index (χ1v) is 12.9. The van der Waals surface area contributed by atoms with Crippen LogP contribution in [0.5, 0.6) is 5.75 Å². The van der Waals surface area contributed by atoms with Gasteiger partial charge >= 0.3 is 0 Å². The Kier molecular flexibility index (Phi) is 10.1. The Bertz CT molecular complexity index is 919. The topological polar surface area (TPSA) is 58.6 Å². The summed E-state index contributed by atoms with van der Waals surface area (Å²) in [7, 11) is 0. The zero-order valence-electron chi connectivity index (χ0n) is 19.1. The van der Waals surface area contributed by atoms with Crippen LogP contribution in [0.2, 0.25) is 5.02 Å². The van der Waals surface area contributed by atoms with Gasteiger partial charge in [0, 0.05) is 17.1 Å². The quantitative estimate of drug-likeness (QED) is 0.419. The smallest absolute Gasteiger partial charge is 0.261 e. The Morgan fingerprint density at radius 3 is 2.55 bits per heavy atom. The first kappa shape index (κ1) is 25.6. The van der Waals surface area contributed by atoms with E-state index in [0.717, 1.165) is 35.7 Å². The minimum atomic E-state index is -0.535. The number of benzene rings is 2. The van der Waals surface area contributed by atoms with E-state index < -0.39 is 6.04 Å². The zero-order valence-corrected chi connectivity index (χ0v) is 21.4. The number of carbonyl (C=O) groups excluding carboxylic acids is 2. The van der Waals surface area contributed by atoms with Crippen molar-refractivity contribution in [2.75, 3.05) is 13.2 Å². The molecule has 0 bridgehead atoms. The Labute approximate surface area is 210 Å². The number of hydrogen-bond acceptors (Lipinski definition) is 3. The van der Waals surface area contributed by atoms with Gasteiger partial charge in [0.05, 0.1) is 5.02 Å². The van der Waals surface area contributed by atoms with Crippen molar-refractivity contribution < 1.29 is 14.3 Å². The van der Waals surface area contributed by atoms with Crippen LogP contribution in [0, 0.1) is 0 Å². The molecule has 0 aromatic heterocycles. The summed E-state index contributed by atoms with van der Waals surface area (Å²) in [6.45, 7) is 2.21. The SMILES string of the molecule is CCC(C(=O)NC1CCCCC1)N(CCc1ccccc1)C(=O)COc1ccc(Br)cc1Cl. The molecule has 1 saturated carbocycles. The van der Waals surface area contributed by atoms with Crippen molar-refractivity contribution in [2.24, 2.45) is 0 Å². The third-order valence-corrected chi connectivity index (χ3v) is 6.86. The van der Waals surface area contributed by atoms with E-state index in [2.05, 4.69) is 21.2 Å². The summed E-state index contributed by atoms with van der Waals surface area (Å²) in [6, 6.07) is 14.9. The molecule has 33 heavy (non-hydrogen) atoms. The molecular formula is C26H32BrClN2O3. The van der Waals surface area contributed by atoms with Crippen LogP contribution >= 0.6 is 27.5 Å². The maximum Gasteiger partial charge on any atom is 0.261 e. The van der Waals surface area contributed by atoms with Gasteiger partial charge in [-0.3, -0.25) is 9.59 Å². The van der Waals surface area contributed by atoms with Crippen molar-refractivity contribution in [2.45, 2.75) is 64.0 Å². The highest BCUT2D eigenvalue weighted by atomic mass is 79.9. The van der Waals surface area contributed by atoms with Crippen LogP contribution in [0.3, 0.4) is 0 Å². The number of nitrogens with one attached hydrogen (secondary N) is 1. The lowest BCUT2D eigenvalue weighted by molar-refractivity contribution is -0.142. The van der Waals surface area contributed by atoms with E-state index in [1.807, 2.05) is 43.3 Å². The summed E-state index contributed by atoms with van der Waals surface area (Å²) in [5.74, 6) is 0.138. The van der Waals surface area contributed by atoms with E-state index in [1.54, 1.807) is 17.0 Å². The molecule has 2 amide bonds. The van der Waals surface area contributed by atoms with E-state index in [1.165, 1.54) is 6.42 Å². The van der Waals surface area contributed by atoms with Crippen molar-refractivity contribution in [3.8, 4) is 5.75 Å². The summed E-state index contributed by atoms with van der Waals surface area (Å²) >= 11 is 9.61. The molecule has 1 aliphatic rings. The van der Waals surface area contributed by atoms with Gasteiger partial charge in [-0.1, -0.05) is 84.0 Å². The number of carbonyl (C=O) groups is 2. The number of rotatable bonds is 10. The minimum absolute atomic E-state index is 0.0764. The second kappa shape index (κ2) is 13.0. The van der Waals surface area contributed by atoms with Crippen molar-refractivity contribution in [3.63, 3.8) is 0 Å². The van der Waals surface area contributed by atoms with Crippen LogP contribution in [0.1, 0.15) is 51.0 Å². The summed E-state index contributed by atoms with van der Waals surface area (Å²) in [6.07, 6.45) is 6.72. The molecule has 1 aliphatic carbocycles. The molecule has 2 aromatic rings. The van der Waals surface area contributed by atoms with E-state index in [9.17, 15) is 9.59 Å². The van der Waals surface area contributed by atoms with Crippen molar-refractivity contribution >= 4 is 39.3 Å². The van der Waals surface area contributed by atoms with Crippen molar-refractivity contribution in [3.05, 3.63) is 63.6 Å². The number of ether oxygens (including phenoxy) is 1. The summed E-state index contributed by atoms with van der Waals surface area (Å²) in [5.41, 5.74) is 1.12. The fourth-order valence-electron chi connectivity index (χ4n) is 4.25. The summed E-state index contributed by atoms with van der Waals surface area (Å²) in [4.78, 5) is 28.1. The number of amides is 2. The maximum absolute atomic E-state index is 13.3. The van der Waals surface area contributed by atoms with Crippen LogP contribution in [0.15, 0.2) is 53.0 Å². The fraction of sp³-hybridized carbons (Fsp3) is 0.462. The largest absolute Gasteiger partial charge is 0.482 e. The van der Waals surface area contributed by atoms with E-state index in [-0.39, 0.29) is 24.5 Å². The Balaban J connectivity index is 1.71. The second-order valence-corrected chi connectivity index (χ2v) is 9.78. The van der Waals surface area contributed by atoms with Crippen LogP contribution in [-0.4, -0.2) is 41.9 Å². The Morgan fingerprint density at radius 1 is 1.15 bits per heavy atom. The predicted octanol–water partition coefficient (Wildman–Crippen LogP) is 5.78.